The number of likely N-dealkylation sites (tertiary alicyclic amines) is 1. The topological polar surface area (TPSA) is 59.2 Å². The lowest BCUT2D eigenvalue weighted by atomic mass is 10.1. The lowest BCUT2D eigenvalue weighted by molar-refractivity contribution is -0.133. The van der Waals surface area contributed by atoms with Crippen LogP contribution in [0.2, 0.25) is 0 Å². The Morgan fingerprint density at radius 3 is 3.13 bits per heavy atom. The Balaban J connectivity index is 2.02. The molecule has 1 aromatic rings. The highest BCUT2D eigenvalue weighted by atomic mass is 79.9. The summed E-state index contributed by atoms with van der Waals surface area (Å²) in [5, 5.41) is 3.69. The van der Waals surface area contributed by atoms with Gasteiger partial charge in [0.2, 0.25) is 11.8 Å². The Morgan fingerprint density at radius 2 is 2.47 bits per heavy atom. The van der Waals surface area contributed by atoms with Crippen LogP contribution >= 0.6 is 15.9 Å². The van der Waals surface area contributed by atoms with Crippen molar-refractivity contribution in [1.29, 1.82) is 0 Å². The number of piperidine rings is 1. The standard InChI is InChI=1S/C9H12BrN3O2/c1-6-11-8(15-12-6)5-13-4-2-3-7(10)9(13)14/h7H,2-5H2,1H3. The van der Waals surface area contributed by atoms with E-state index >= 15 is 0 Å². The fraction of sp³-hybridized carbons (Fsp3) is 0.667. The largest absolute Gasteiger partial charge is 0.337 e. The van der Waals surface area contributed by atoms with Crippen LogP contribution in [0.1, 0.15) is 24.6 Å². The molecule has 15 heavy (non-hydrogen) atoms. The number of carbonyl (C=O) groups excluding carboxylic acids is 1. The minimum absolute atomic E-state index is 0.0599. The van der Waals surface area contributed by atoms with Gasteiger partial charge < -0.3 is 9.42 Å². The van der Waals surface area contributed by atoms with Crippen LogP contribution in [0.15, 0.2) is 4.52 Å². The maximum absolute atomic E-state index is 11.7. The molecule has 1 aliphatic rings. The van der Waals surface area contributed by atoms with Crippen molar-refractivity contribution < 1.29 is 9.32 Å². The molecule has 0 aromatic carbocycles. The average molecular weight is 274 g/mol. The molecule has 1 amide bonds. The molecular formula is C9H12BrN3O2. The Labute approximate surface area is 96.0 Å². The number of hydrogen-bond acceptors (Lipinski definition) is 4. The van der Waals surface area contributed by atoms with Gasteiger partial charge in [0.1, 0.15) is 6.54 Å². The van der Waals surface area contributed by atoms with Gasteiger partial charge in [-0.05, 0) is 19.8 Å². The van der Waals surface area contributed by atoms with Crippen LogP contribution < -0.4 is 0 Å². The highest BCUT2D eigenvalue weighted by Gasteiger charge is 2.27. The molecule has 0 N–H and O–H groups in total. The fourth-order valence-electron chi connectivity index (χ4n) is 1.62. The van der Waals surface area contributed by atoms with Gasteiger partial charge in [0.15, 0.2) is 5.82 Å². The van der Waals surface area contributed by atoms with Crippen molar-refractivity contribution in [3.05, 3.63) is 11.7 Å². The van der Waals surface area contributed by atoms with E-state index in [9.17, 15) is 4.79 Å². The number of hydrogen-bond donors (Lipinski definition) is 0. The third-order valence-electron chi connectivity index (χ3n) is 2.36. The van der Waals surface area contributed by atoms with E-state index in [-0.39, 0.29) is 10.7 Å². The molecule has 1 fully saturated rings. The van der Waals surface area contributed by atoms with Gasteiger partial charge in [-0.2, -0.15) is 4.98 Å². The summed E-state index contributed by atoms with van der Waals surface area (Å²) in [7, 11) is 0. The van der Waals surface area contributed by atoms with E-state index in [2.05, 4.69) is 26.1 Å². The Morgan fingerprint density at radius 1 is 1.67 bits per heavy atom. The van der Waals surface area contributed by atoms with Crippen LogP contribution in [-0.4, -0.2) is 32.3 Å². The SMILES string of the molecule is Cc1noc(CN2CCCC(Br)C2=O)n1. The Kier molecular flexibility index (Phi) is 3.04. The van der Waals surface area contributed by atoms with Crippen molar-refractivity contribution >= 4 is 21.8 Å². The summed E-state index contributed by atoms with van der Waals surface area (Å²) in [5.74, 6) is 1.21. The summed E-state index contributed by atoms with van der Waals surface area (Å²) < 4.78 is 4.98. The average Bonchev–Trinajstić information content (AvgIpc) is 2.59. The van der Waals surface area contributed by atoms with Gasteiger partial charge in [0.05, 0.1) is 4.83 Å². The first kappa shape index (κ1) is 10.6. The Hall–Kier alpha value is -0.910. The second-order valence-electron chi connectivity index (χ2n) is 3.60. The second-order valence-corrected chi connectivity index (χ2v) is 4.71. The monoisotopic (exact) mass is 273 g/mol. The Bertz CT molecular complexity index is 366. The van der Waals surface area contributed by atoms with Gasteiger partial charge in [-0.15, -0.1) is 0 Å². The highest BCUT2D eigenvalue weighted by molar-refractivity contribution is 9.10. The molecule has 0 radical (unpaired) electrons. The molecule has 0 saturated carbocycles. The number of alkyl halides is 1. The van der Waals surface area contributed by atoms with Gasteiger partial charge in [-0.3, -0.25) is 4.79 Å². The van der Waals surface area contributed by atoms with Crippen molar-refractivity contribution in [2.45, 2.75) is 31.1 Å². The number of carbonyl (C=O) groups is 1. The number of halogens is 1. The fourth-order valence-corrected chi connectivity index (χ4v) is 2.23. The molecule has 0 aliphatic carbocycles. The van der Waals surface area contributed by atoms with Crippen LogP contribution in [0.5, 0.6) is 0 Å². The van der Waals surface area contributed by atoms with E-state index in [1.165, 1.54) is 0 Å². The summed E-state index contributed by atoms with van der Waals surface area (Å²) >= 11 is 3.35. The molecule has 0 spiro atoms. The maximum Gasteiger partial charge on any atom is 0.246 e. The lowest BCUT2D eigenvalue weighted by Gasteiger charge is -2.28. The molecule has 2 heterocycles. The van der Waals surface area contributed by atoms with Crippen LogP contribution in [0.3, 0.4) is 0 Å². The van der Waals surface area contributed by atoms with Crippen LogP contribution in [0, 0.1) is 6.92 Å². The van der Waals surface area contributed by atoms with Gasteiger partial charge >= 0.3 is 0 Å². The smallest absolute Gasteiger partial charge is 0.246 e. The van der Waals surface area contributed by atoms with E-state index < -0.39 is 0 Å². The second kappa shape index (κ2) is 4.30. The van der Waals surface area contributed by atoms with E-state index in [1.807, 2.05) is 0 Å². The summed E-state index contributed by atoms with van der Waals surface area (Å²) in [4.78, 5) is 17.5. The van der Waals surface area contributed by atoms with Crippen molar-refractivity contribution in [3.63, 3.8) is 0 Å². The van der Waals surface area contributed by atoms with Gasteiger partial charge in [0, 0.05) is 6.54 Å². The first-order valence-electron chi connectivity index (χ1n) is 4.89. The molecular weight excluding hydrogens is 262 g/mol. The zero-order chi connectivity index (χ0) is 10.8. The molecule has 1 atom stereocenters. The summed E-state index contributed by atoms with van der Waals surface area (Å²) in [6, 6.07) is 0. The minimum atomic E-state index is -0.0599. The van der Waals surface area contributed by atoms with E-state index in [0.29, 0.717) is 18.3 Å². The van der Waals surface area contributed by atoms with Crippen molar-refractivity contribution in [2.75, 3.05) is 6.54 Å². The summed E-state index contributed by atoms with van der Waals surface area (Å²) in [6.45, 7) is 2.95. The predicted molar refractivity (Wildman–Crippen MR) is 56.4 cm³/mol. The number of rotatable bonds is 2. The summed E-state index contributed by atoms with van der Waals surface area (Å²) in [6.07, 6.45) is 1.91. The maximum atomic E-state index is 11.7. The minimum Gasteiger partial charge on any atom is -0.337 e. The molecule has 6 heteroatoms. The number of amides is 1. The van der Waals surface area contributed by atoms with E-state index in [1.54, 1.807) is 11.8 Å². The van der Waals surface area contributed by atoms with Gasteiger partial charge in [-0.1, -0.05) is 21.1 Å². The molecule has 1 unspecified atom stereocenters. The van der Waals surface area contributed by atoms with Crippen molar-refractivity contribution in [1.82, 2.24) is 15.0 Å². The van der Waals surface area contributed by atoms with Crippen LogP contribution in [-0.2, 0) is 11.3 Å². The quantitative estimate of drug-likeness (QED) is 0.762. The van der Waals surface area contributed by atoms with Gasteiger partial charge in [-0.25, -0.2) is 0 Å². The van der Waals surface area contributed by atoms with Gasteiger partial charge in [0.25, 0.3) is 0 Å². The zero-order valence-corrected chi connectivity index (χ0v) is 10.0. The number of nitrogens with zero attached hydrogens (tertiary/aromatic N) is 3. The molecule has 5 nitrogen and oxygen atoms in total. The highest BCUT2D eigenvalue weighted by Crippen LogP contribution is 2.19. The first-order chi connectivity index (χ1) is 7.16. The number of aryl methyl sites for hydroxylation is 1. The third-order valence-corrected chi connectivity index (χ3v) is 3.21. The third kappa shape index (κ3) is 2.37. The normalized spacial score (nSPS) is 22.1. The van der Waals surface area contributed by atoms with Crippen molar-refractivity contribution in [2.24, 2.45) is 0 Å². The summed E-state index contributed by atoms with van der Waals surface area (Å²) in [5.41, 5.74) is 0. The van der Waals surface area contributed by atoms with E-state index in [4.69, 9.17) is 4.52 Å². The molecule has 1 aromatic heterocycles. The molecule has 2 rings (SSSR count). The van der Waals surface area contributed by atoms with Crippen molar-refractivity contribution in [3.8, 4) is 0 Å². The molecule has 0 bridgehead atoms. The van der Waals surface area contributed by atoms with Crippen LogP contribution in [0.25, 0.3) is 0 Å². The lowest BCUT2D eigenvalue weighted by Crippen LogP contribution is -2.41. The predicted octanol–water partition coefficient (Wildman–Crippen LogP) is 1.26. The number of aromatic nitrogens is 2. The molecule has 1 aliphatic heterocycles. The zero-order valence-electron chi connectivity index (χ0n) is 8.44. The van der Waals surface area contributed by atoms with E-state index in [0.717, 1.165) is 19.4 Å². The molecule has 82 valence electrons. The first-order valence-corrected chi connectivity index (χ1v) is 5.80. The van der Waals surface area contributed by atoms with Crippen LogP contribution in [0.4, 0.5) is 0 Å². The molecule has 1 saturated heterocycles.